The van der Waals surface area contributed by atoms with E-state index in [4.69, 9.17) is 0 Å². The summed E-state index contributed by atoms with van der Waals surface area (Å²) in [4.78, 5) is 11.4. The fourth-order valence-electron chi connectivity index (χ4n) is 0.829. The minimum Gasteiger partial charge on any atom is -0.352 e. The maximum absolute atomic E-state index is 11.4. The lowest BCUT2D eigenvalue weighted by Crippen LogP contribution is -2.34. The average molecular weight is 197 g/mol. The van der Waals surface area contributed by atoms with Gasteiger partial charge in [-0.15, -0.1) is 0 Å². The molecule has 82 valence electrons. The second-order valence-corrected chi connectivity index (χ2v) is 5.73. The summed E-state index contributed by atoms with van der Waals surface area (Å²) in [6.45, 7) is 12.8. The monoisotopic (exact) mass is 197 g/mol. The van der Waals surface area contributed by atoms with Crippen LogP contribution in [0.4, 0.5) is 0 Å². The number of carbonyl (C=O) groups excluding carboxylic acids is 1. The van der Waals surface area contributed by atoms with Gasteiger partial charge in [-0.25, -0.2) is 0 Å². The molecule has 0 aromatic carbocycles. The Morgan fingerprint density at radius 1 is 1.14 bits per heavy atom. The van der Waals surface area contributed by atoms with Crippen molar-refractivity contribution in [1.82, 2.24) is 5.32 Å². The molecular formula is C12H23NO. The van der Waals surface area contributed by atoms with Crippen molar-refractivity contribution in [2.45, 2.75) is 41.5 Å². The Balaban J connectivity index is 3.88. The fraction of sp³-hybridized carbons (Fsp3) is 0.750. The topological polar surface area (TPSA) is 29.1 Å². The van der Waals surface area contributed by atoms with E-state index in [9.17, 15) is 4.79 Å². The summed E-state index contributed by atoms with van der Waals surface area (Å²) in [5.41, 5.74) is -0.109. The highest BCUT2D eigenvalue weighted by atomic mass is 16.2. The zero-order valence-corrected chi connectivity index (χ0v) is 10.3. The van der Waals surface area contributed by atoms with E-state index in [2.05, 4.69) is 32.2 Å². The zero-order valence-electron chi connectivity index (χ0n) is 10.3. The lowest BCUT2D eigenvalue weighted by atomic mass is 9.95. The van der Waals surface area contributed by atoms with Gasteiger partial charge in [0.15, 0.2) is 0 Å². The summed E-state index contributed by atoms with van der Waals surface area (Å²) in [5.74, 6) is 0.0936. The van der Waals surface area contributed by atoms with Crippen molar-refractivity contribution in [2.75, 3.05) is 6.54 Å². The van der Waals surface area contributed by atoms with Crippen LogP contribution < -0.4 is 5.32 Å². The Morgan fingerprint density at radius 2 is 1.64 bits per heavy atom. The van der Waals surface area contributed by atoms with Gasteiger partial charge in [-0.3, -0.25) is 4.79 Å². The van der Waals surface area contributed by atoms with Crippen molar-refractivity contribution in [2.24, 2.45) is 10.8 Å². The summed E-state index contributed by atoms with van der Waals surface area (Å²) in [5, 5.41) is 2.87. The molecule has 0 aromatic heterocycles. The molecule has 0 atom stereocenters. The van der Waals surface area contributed by atoms with Gasteiger partial charge in [-0.1, -0.05) is 53.7 Å². The lowest BCUT2D eigenvalue weighted by molar-refractivity contribution is -0.128. The molecule has 0 bridgehead atoms. The molecule has 2 heteroatoms. The lowest BCUT2D eigenvalue weighted by Gasteiger charge is -2.17. The minimum atomic E-state index is -0.296. The van der Waals surface area contributed by atoms with Gasteiger partial charge < -0.3 is 5.32 Å². The van der Waals surface area contributed by atoms with Gasteiger partial charge in [0.1, 0.15) is 0 Å². The molecule has 0 saturated carbocycles. The van der Waals surface area contributed by atoms with Gasteiger partial charge in [-0.2, -0.15) is 0 Å². The zero-order chi connectivity index (χ0) is 11.4. The Kier molecular flexibility index (Phi) is 4.37. The maximum Gasteiger partial charge on any atom is 0.225 e. The van der Waals surface area contributed by atoms with Crippen molar-refractivity contribution in [1.29, 1.82) is 0 Å². The number of hydrogen-bond donors (Lipinski definition) is 1. The molecule has 0 fully saturated rings. The predicted molar refractivity (Wildman–Crippen MR) is 61.1 cm³/mol. The first-order valence-corrected chi connectivity index (χ1v) is 5.09. The molecule has 1 N–H and O–H groups in total. The standard InChI is InChI=1S/C12H23NO/c1-11(2,3)8-7-9-13-10(14)12(4,5)6/h7-8H,9H2,1-6H3,(H,13,14)/b8-7+. The van der Waals surface area contributed by atoms with Gasteiger partial charge in [0.05, 0.1) is 0 Å². The summed E-state index contributed by atoms with van der Waals surface area (Å²) in [6, 6.07) is 0. The quantitative estimate of drug-likeness (QED) is 0.678. The highest BCUT2D eigenvalue weighted by Gasteiger charge is 2.19. The molecule has 0 unspecified atom stereocenters. The van der Waals surface area contributed by atoms with Crippen molar-refractivity contribution in [3.05, 3.63) is 12.2 Å². The molecule has 0 heterocycles. The van der Waals surface area contributed by atoms with Gasteiger partial charge in [0.25, 0.3) is 0 Å². The van der Waals surface area contributed by atoms with Crippen molar-refractivity contribution >= 4 is 5.91 Å². The third-order valence-corrected chi connectivity index (χ3v) is 1.68. The number of allylic oxidation sites excluding steroid dienone is 1. The molecule has 0 saturated heterocycles. The van der Waals surface area contributed by atoms with E-state index < -0.39 is 0 Å². The van der Waals surface area contributed by atoms with E-state index in [0.717, 1.165) is 0 Å². The SMILES string of the molecule is CC(C)(C)/C=C/CNC(=O)C(C)(C)C. The fourth-order valence-corrected chi connectivity index (χ4v) is 0.829. The third kappa shape index (κ3) is 6.70. The molecule has 0 aliphatic carbocycles. The largest absolute Gasteiger partial charge is 0.352 e. The predicted octanol–water partition coefficient (Wildman–Crippen LogP) is 2.75. The first-order valence-electron chi connectivity index (χ1n) is 5.09. The van der Waals surface area contributed by atoms with Crippen LogP contribution in [0.3, 0.4) is 0 Å². The summed E-state index contributed by atoms with van der Waals surface area (Å²) in [6.07, 6.45) is 4.11. The van der Waals surface area contributed by atoms with E-state index in [-0.39, 0.29) is 16.7 Å². The van der Waals surface area contributed by atoms with Crippen LogP contribution in [0.5, 0.6) is 0 Å². The molecule has 0 radical (unpaired) electrons. The van der Waals surface area contributed by atoms with E-state index in [1.54, 1.807) is 0 Å². The van der Waals surface area contributed by atoms with Crippen LogP contribution in [-0.2, 0) is 4.79 Å². The van der Waals surface area contributed by atoms with E-state index >= 15 is 0 Å². The second kappa shape index (κ2) is 4.63. The molecule has 0 aliphatic heterocycles. The molecule has 0 spiro atoms. The first-order chi connectivity index (χ1) is 6.13. The Morgan fingerprint density at radius 3 is 2.00 bits per heavy atom. The molecule has 1 amide bonds. The molecule has 0 aromatic rings. The van der Waals surface area contributed by atoms with Gasteiger partial charge in [-0.05, 0) is 5.41 Å². The van der Waals surface area contributed by atoms with E-state index in [1.807, 2.05) is 26.8 Å². The summed E-state index contributed by atoms with van der Waals surface area (Å²) in [7, 11) is 0. The number of carbonyl (C=O) groups is 1. The minimum absolute atomic E-state index is 0.0936. The number of nitrogens with one attached hydrogen (secondary N) is 1. The number of hydrogen-bond acceptors (Lipinski definition) is 1. The Bertz CT molecular complexity index is 215. The Hall–Kier alpha value is -0.790. The van der Waals surface area contributed by atoms with Gasteiger partial charge >= 0.3 is 0 Å². The van der Waals surface area contributed by atoms with Gasteiger partial charge in [0.2, 0.25) is 5.91 Å². The molecule has 0 aliphatic rings. The highest BCUT2D eigenvalue weighted by molar-refractivity contribution is 5.81. The van der Waals surface area contributed by atoms with Crippen molar-refractivity contribution in [3.8, 4) is 0 Å². The number of amides is 1. The van der Waals surface area contributed by atoms with Crippen molar-refractivity contribution in [3.63, 3.8) is 0 Å². The van der Waals surface area contributed by atoms with Crippen LogP contribution >= 0.6 is 0 Å². The van der Waals surface area contributed by atoms with E-state index in [1.165, 1.54) is 0 Å². The molecule has 14 heavy (non-hydrogen) atoms. The second-order valence-electron chi connectivity index (χ2n) is 5.73. The first kappa shape index (κ1) is 13.2. The van der Waals surface area contributed by atoms with Crippen LogP contribution in [0, 0.1) is 10.8 Å². The smallest absolute Gasteiger partial charge is 0.225 e. The normalized spacial score (nSPS) is 13.3. The summed E-state index contributed by atoms with van der Waals surface area (Å²) < 4.78 is 0. The van der Waals surface area contributed by atoms with Crippen LogP contribution in [-0.4, -0.2) is 12.5 Å². The highest BCUT2D eigenvalue weighted by Crippen LogP contribution is 2.14. The average Bonchev–Trinajstić information content (AvgIpc) is 1.93. The van der Waals surface area contributed by atoms with Crippen molar-refractivity contribution < 1.29 is 4.79 Å². The molecular weight excluding hydrogens is 174 g/mol. The van der Waals surface area contributed by atoms with Crippen LogP contribution in [0.15, 0.2) is 12.2 Å². The maximum atomic E-state index is 11.4. The van der Waals surface area contributed by atoms with Crippen LogP contribution in [0.25, 0.3) is 0 Å². The van der Waals surface area contributed by atoms with Gasteiger partial charge in [0, 0.05) is 12.0 Å². The number of rotatable bonds is 2. The molecule has 0 rings (SSSR count). The van der Waals surface area contributed by atoms with E-state index in [0.29, 0.717) is 6.54 Å². The third-order valence-electron chi connectivity index (χ3n) is 1.68. The molecule has 2 nitrogen and oxygen atoms in total. The van der Waals surface area contributed by atoms with Crippen LogP contribution in [0.2, 0.25) is 0 Å². The summed E-state index contributed by atoms with van der Waals surface area (Å²) >= 11 is 0. The Labute approximate surface area is 87.8 Å². The van der Waals surface area contributed by atoms with Crippen LogP contribution in [0.1, 0.15) is 41.5 Å².